The van der Waals surface area contributed by atoms with Gasteiger partial charge in [-0.05, 0) is 73.3 Å². The van der Waals surface area contributed by atoms with Gasteiger partial charge >= 0.3 is 5.69 Å². The lowest BCUT2D eigenvalue weighted by molar-refractivity contribution is 0.127. The molecule has 5 rings (SSSR count). The molecule has 0 atom stereocenters. The van der Waals surface area contributed by atoms with E-state index in [1.54, 1.807) is 10.5 Å². The summed E-state index contributed by atoms with van der Waals surface area (Å²) in [4.78, 5) is 14.5. The van der Waals surface area contributed by atoms with Gasteiger partial charge < -0.3 is 10.2 Å². The van der Waals surface area contributed by atoms with Gasteiger partial charge in [0, 0.05) is 24.1 Å². The van der Waals surface area contributed by atoms with Crippen molar-refractivity contribution < 1.29 is 10.2 Å². The molecule has 2 aromatic heterocycles. The minimum atomic E-state index is -0.259. The number of phenols is 1. The zero-order chi connectivity index (χ0) is 20.7. The summed E-state index contributed by atoms with van der Waals surface area (Å²) in [5, 5.41) is 27.3. The predicted molar refractivity (Wildman–Crippen MR) is 116 cm³/mol. The molecule has 30 heavy (non-hydrogen) atoms. The number of aromatic amines is 1. The smallest absolute Gasteiger partial charge is 0.348 e. The van der Waals surface area contributed by atoms with E-state index in [0.29, 0.717) is 18.1 Å². The minimum absolute atomic E-state index is 0.253. The zero-order valence-electron chi connectivity index (χ0n) is 16.6. The molecule has 0 saturated carbocycles. The average Bonchev–Trinajstić information content (AvgIpc) is 3.17. The van der Waals surface area contributed by atoms with Crippen LogP contribution >= 0.6 is 0 Å². The standard InChI is InChI=1S/C23H24N4O3/c28-14-15-8-10-26(11-9-15)13-17-12-16(4-6-21(17)29)18-2-1-3-20-19(18)5-7-22-24-25-23(30)27(20)22/h1-7,12,15,28-29H,8-11,13-14H2,(H,25,30). The van der Waals surface area contributed by atoms with E-state index < -0.39 is 0 Å². The summed E-state index contributed by atoms with van der Waals surface area (Å²) < 4.78 is 1.57. The fraction of sp³-hybridized carbons (Fsp3) is 0.304. The number of hydrogen-bond donors (Lipinski definition) is 3. The van der Waals surface area contributed by atoms with Crippen LogP contribution in [0, 0.1) is 5.92 Å². The maximum absolute atomic E-state index is 12.2. The monoisotopic (exact) mass is 404 g/mol. The molecule has 0 unspecified atom stereocenters. The minimum Gasteiger partial charge on any atom is -0.508 e. The van der Waals surface area contributed by atoms with Crippen molar-refractivity contribution in [1.29, 1.82) is 0 Å². The Morgan fingerprint density at radius 1 is 1.10 bits per heavy atom. The third-order valence-electron chi connectivity index (χ3n) is 6.17. The number of rotatable bonds is 4. The molecule has 1 fully saturated rings. The number of pyridine rings is 1. The molecule has 0 radical (unpaired) electrons. The van der Waals surface area contributed by atoms with Gasteiger partial charge in [-0.1, -0.05) is 18.2 Å². The largest absolute Gasteiger partial charge is 0.508 e. The number of phenolic OH excluding ortho intramolecular Hbond substituents is 1. The Morgan fingerprint density at radius 2 is 1.93 bits per heavy atom. The summed E-state index contributed by atoms with van der Waals surface area (Å²) in [5.41, 5.74) is 4.00. The van der Waals surface area contributed by atoms with Gasteiger partial charge in [0.25, 0.3) is 0 Å². The first kappa shape index (κ1) is 18.8. The highest BCUT2D eigenvalue weighted by atomic mass is 16.3. The highest BCUT2D eigenvalue weighted by molar-refractivity contribution is 5.96. The second kappa shape index (κ2) is 7.59. The summed E-state index contributed by atoms with van der Waals surface area (Å²) in [6.07, 6.45) is 1.96. The predicted octanol–water partition coefficient (Wildman–Crippen LogP) is 2.75. The maximum atomic E-state index is 12.2. The van der Waals surface area contributed by atoms with Crippen molar-refractivity contribution in [3.8, 4) is 16.9 Å². The number of likely N-dealkylation sites (tertiary alicyclic amines) is 1. The molecule has 1 aliphatic heterocycles. The lowest BCUT2D eigenvalue weighted by Gasteiger charge is -2.31. The molecule has 4 aromatic rings. The first-order valence-corrected chi connectivity index (χ1v) is 10.3. The lowest BCUT2D eigenvalue weighted by Crippen LogP contribution is -2.34. The number of nitrogens with zero attached hydrogens (tertiary/aromatic N) is 3. The Kier molecular flexibility index (Phi) is 4.77. The van der Waals surface area contributed by atoms with Gasteiger partial charge in [0.1, 0.15) is 5.75 Å². The maximum Gasteiger partial charge on any atom is 0.348 e. The summed E-state index contributed by atoms with van der Waals surface area (Å²) >= 11 is 0. The van der Waals surface area contributed by atoms with Gasteiger partial charge in [-0.2, -0.15) is 5.10 Å². The van der Waals surface area contributed by atoms with Crippen molar-refractivity contribution in [3.05, 3.63) is 64.6 Å². The van der Waals surface area contributed by atoms with E-state index in [1.807, 2.05) is 42.5 Å². The van der Waals surface area contributed by atoms with Crippen LogP contribution in [0.1, 0.15) is 18.4 Å². The molecule has 0 amide bonds. The molecule has 3 N–H and O–H groups in total. The molecule has 0 bridgehead atoms. The Morgan fingerprint density at radius 3 is 2.73 bits per heavy atom. The highest BCUT2D eigenvalue weighted by Crippen LogP contribution is 2.32. The van der Waals surface area contributed by atoms with Crippen molar-refractivity contribution in [2.45, 2.75) is 19.4 Å². The van der Waals surface area contributed by atoms with Crippen LogP contribution in [0.2, 0.25) is 0 Å². The fourth-order valence-electron chi connectivity index (χ4n) is 4.43. The van der Waals surface area contributed by atoms with Gasteiger partial charge in [-0.15, -0.1) is 0 Å². The number of aromatic hydroxyl groups is 1. The van der Waals surface area contributed by atoms with E-state index in [0.717, 1.165) is 53.5 Å². The van der Waals surface area contributed by atoms with Crippen LogP contribution in [0.5, 0.6) is 5.75 Å². The lowest BCUT2D eigenvalue weighted by atomic mass is 9.96. The Balaban J connectivity index is 1.53. The van der Waals surface area contributed by atoms with E-state index in [1.165, 1.54) is 0 Å². The van der Waals surface area contributed by atoms with Crippen molar-refractivity contribution in [3.63, 3.8) is 0 Å². The summed E-state index contributed by atoms with van der Waals surface area (Å²) in [7, 11) is 0. The van der Waals surface area contributed by atoms with Crippen LogP contribution in [0.4, 0.5) is 0 Å². The van der Waals surface area contributed by atoms with Gasteiger partial charge in [-0.3, -0.25) is 4.90 Å². The van der Waals surface area contributed by atoms with Crippen molar-refractivity contribution >= 4 is 16.6 Å². The average molecular weight is 404 g/mol. The summed E-state index contributed by atoms with van der Waals surface area (Å²) in [6.45, 7) is 2.77. The number of aliphatic hydroxyl groups excluding tert-OH is 1. The number of aliphatic hydroxyl groups is 1. The molecule has 2 aromatic carbocycles. The van der Waals surface area contributed by atoms with E-state index in [2.05, 4.69) is 15.1 Å². The number of piperidine rings is 1. The molecule has 1 aliphatic rings. The topological polar surface area (TPSA) is 93.9 Å². The highest BCUT2D eigenvalue weighted by Gasteiger charge is 2.20. The Bertz CT molecular complexity index is 1270. The zero-order valence-corrected chi connectivity index (χ0v) is 16.6. The number of benzene rings is 2. The molecule has 7 heteroatoms. The third-order valence-corrected chi connectivity index (χ3v) is 6.17. The fourth-order valence-corrected chi connectivity index (χ4v) is 4.43. The molecular formula is C23H24N4O3. The number of H-pyrrole nitrogens is 1. The first-order valence-electron chi connectivity index (χ1n) is 10.3. The SMILES string of the molecule is O=c1[nH]nc2ccc3c(-c4ccc(O)c(CN5CCC(CO)CC5)c4)cccc3n12. The van der Waals surface area contributed by atoms with E-state index in [4.69, 9.17) is 0 Å². The quantitative estimate of drug-likeness (QED) is 0.486. The van der Waals surface area contributed by atoms with Crippen LogP contribution < -0.4 is 5.69 Å². The van der Waals surface area contributed by atoms with Crippen LogP contribution in [0.25, 0.3) is 27.7 Å². The second-order valence-electron chi connectivity index (χ2n) is 8.04. The third kappa shape index (κ3) is 3.26. The van der Waals surface area contributed by atoms with Crippen LogP contribution in [0.3, 0.4) is 0 Å². The van der Waals surface area contributed by atoms with Gasteiger partial charge in [0.15, 0.2) is 5.65 Å². The van der Waals surface area contributed by atoms with Crippen LogP contribution in [-0.4, -0.2) is 49.4 Å². The molecule has 0 spiro atoms. The van der Waals surface area contributed by atoms with Crippen molar-refractivity contribution in [2.24, 2.45) is 5.92 Å². The molecule has 0 aliphatic carbocycles. The number of hydrogen-bond acceptors (Lipinski definition) is 5. The summed E-state index contributed by atoms with van der Waals surface area (Å²) in [6, 6.07) is 15.4. The number of aromatic nitrogens is 3. The number of fused-ring (bicyclic) bond motifs is 3. The Labute approximate surface area is 173 Å². The van der Waals surface area contributed by atoms with E-state index >= 15 is 0 Å². The molecular weight excluding hydrogens is 380 g/mol. The summed E-state index contributed by atoms with van der Waals surface area (Å²) in [5.74, 6) is 0.678. The molecule has 1 saturated heterocycles. The van der Waals surface area contributed by atoms with Gasteiger partial charge in [0.2, 0.25) is 0 Å². The molecule has 154 valence electrons. The second-order valence-corrected chi connectivity index (χ2v) is 8.04. The Hall–Kier alpha value is -3.16. The molecule has 7 nitrogen and oxygen atoms in total. The van der Waals surface area contributed by atoms with Crippen molar-refractivity contribution in [1.82, 2.24) is 19.5 Å². The van der Waals surface area contributed by atoms with Crippen molar-refractivity contribution in [2.75, 3.05) is 19.7 Å². The van der Waals surface area contributed by atoms with Gasteiger partial charge in [-0.25, -0.2) is 14.3 Å². The van der Waals surface area contributed by atoms with Gasteiger partial charge in [0.05, 0.1) is 5.52 Å². The first-order chi connectivity index (χ1) is 14.6. The normalized spacial score (nSPS) is 15.9. The van der Waals surface area contributed by atoms with E-state index in [-0.39, 0.29) is 18.0 Å². The van der Waals surface area contributed by atoms with E-state index in [9.17, 15) is 15.0 Å². The number of nitrogens with one attached hydrogen (secondary N) is 1. The van der Waals surface area contributed by atoms with Crippen LogP contribution in [-0.2, 0) is 6.54 Å². The van der Waals surface area contributed by atoms with Crippen LogP contribution in [0.15, 0.2) is 53.3 Å². The molecule has 3 heterocycles.